The van der Waals surface area contributed by atoms with E-state index in [1.165, 1.54) is 0 Å². The first-order valence-corrected chi connectivity index (χ1v) is 5.74. The fraction of sp³-hybridized carbons (Fsp3) is 0.900. The molecule has 0 aliphatic carbocycles. The Morgan fingerprint density at radius 1 is 1.29 bits per heavy atom. The Morgan fingerprint density at radius 2 is 1.71 bits per heavy atom. The smallest absolute Gasteiger partial charge is 0.140 e. The highest BCUT2D eigenvalue weighted by Crippen LogP contribution is 2.36. The Balaban J connectivity index is 3.16. The number of alkyl halides is 1. The predicted octanol–water partition coefficient (Wildman–Crippen LogP) is 0.909. The van der Waals surface area contributed by atoms with Crippen LogP contribution in [0.2, 0.25) is 0 Å². The molecule has 0 spiro atoms. The summed E-state index contributed by atoms with van der Waals surface area (Å²) in [5.74, 6) is -0.110. The van der Waals surface area contributed by atoms with E-state index in [1.807, 2.05) is 27.7 Å². The van der Waals surface area contributed by atoms with Crippen molar-refractivity contribution < 1.29 is 9.86 Å². The zero-order valence-electron chi connectivity index (χ0n) is 9.35. The molecule has 1 saturated heterocycles. The number of rotatable bonds is 1. The lowest BCUT2D eigenvalue weighted by Gasteiger charge is -2.41. The van der Waals surface area contributed by atoms with Gasteiger partial charge in [-0.3, -0.25) is 4.79 Å². The van der Waals surface area contributed by atoms with Gasteiger partial charge in [0, 0.05) is 0 Å². The molecule has 1 aliphatic heterocycles. The van der Waals surface area contributed by atoms with Gasteiger partial charge in [0.2, 0.25) is 0 Å². The highest BCUT2D eigenvalue weighted by atomic mass is 79.9. The standard InChI is InChI=1S/C10H18BrNO2/c1-6(13)7-8(11)10(4,5)12(14)9(7,2)3/h7-8,12H,1-5H3. The van der Waals surface area contributed by atoms with E-state index in [2.05, 4.69) is 15.9 Å². The number of hydroxylamine groups is 2. The molecule has 0 aromatic rings. The third kappa shape index (κ3) is 1.44. The van der Waals surface area contributed by atoms with Crippen LogP contribution in [0.4, 0.5) is 0 Å². The molecular formula is C10H18BrNO2. The minimum absolute atomic E-state index is 0.0463. The maximum absolute atomic E-state index is 12.1. The van der Waals surface area contributed by atoms with Crippen LogP contribution in [-0.4, -0.2) is 21.7 Å². The lowest BCUT2D eigenvalue weighted by Crippen LogP contribution is -3.20. The molecule has 0 aromatic heterocycles. The highest BCUT2D eigenvalue weighted by molar-refractivity contribution is 9.09. The molecule has 1 rings (SSSR count). The van der Waals surface area contributed by atoms with Crippen molar-refractivity contribution >= 4 is 21.7 Å². The van der Waals surface area contributed by atoms with Crippen LogP contribution in [-0.2, 0) is 4.79 Å². The summed E-state index contributed by atoms with van der Waals surface area (Å²) >= 11 is 3.50. The van der Waals surface area contributed by atoms with E-state index in [0.29, 0.717) is 0 Å². The van der Waals surface area contributed by atoms with E-state index in [4.69, 9.17) is 0 Å². The van der Waals surface area contributed by atoms with Crippen LogP contribution in [0, 0.1) is 11.1 Å². The Labute approximate surface area is 93.6 Å². The summed E-state index contributed by atoms with van der Waals surface area (Å²) in [6, 6.07) is 0. The van der Waals surface area contributed by atoms with E-state index in [9.17, 15) is 10.0 Å². The van der Waals surface area contributed by atoms with Gasteiger partial charge in [-0.15, -0.1) is 0 Å². The summed E-state index contributed by atoms with van der Waals surface area (Å²) < 4.78 is 0. The maximum atomic E-state index is 12.1. The molecule has 4 heteroatoms. The fourth-order valence-corrected chi connectivity index (χ4v) is 3.83. The second kappa shape index (κ2) is 3.29. The Bertz CT molecular complexity index is 263. The van der Waals surface area contributed by atoms with Crippen molar-refractivity contribution in [3.8, 4) is 0 Å². The molecule has 1 N–H and O–H groups in total. The number of carbonyl (C=O) groups excluding carboxylic acids is 1. The molecule has 0 aromatic carbocycles. The van der Waals surface area contributed by atoms with Gasteiger partial charge < -0.3 is 10.3 Å². The van der Waals surface area contributed by atoms with E-state index in [-0.39, 0.29) is 21.6 Å². The Hall–Kier alpha value is 0.0700. The van der Waals surface area contributed by atoms with Crippen molar-refractivity contribution in [1.29, 1.82) is 0 Å². The lowest BCUT2D eigenvalue weighted by atomic mass is 9.84. The van der Waals surface area contributed by atoms with Gasteiger partial charge in [-0.05, 0) is 34.6 Å². The summed E-state index contributed by atoms with van der Waals surface area (Å²) in [4.78, 5) is 11.5. The van der Waals surface area contributed by atoms with Gasteiger partial charge in [-0.25, -0.2) is 0 Å². The molecule has 3 nitrogen and oxygen atoms in total. The van der Waals surface area contributed by atoms with Crippen molar-refractivity contribution in [1.82, 2.24) is 0 Å². The molecule has 0 saturated carbocycles. The lowest BCUT2D eigenvalue weighted by molar-refractivity contribution is -0.933. The second-order valence-electron chi connectivity index (χ2n) is 5.26. The number of ketones is 1. The van der Waals surface area contributed by atoms with Crippen LogP contribution in [0.15, 0.2) is 0 Å². The highest BCUT2D eigenvalue weighted by Gasteiger charge is 2.60. The SMILES string of the molecule is CC(=O)C1C(Br)C(C)(C)[NH+]([O-])C1(C)C. The Kier molecular flexibility index (Phi) is 2.85. The van der Waals surface area contributed by atoms with Gasteiger partial charge in [-0.1, -0.05) is 15.9 Å². The predicted molar refractivity (Wildman–Crippen MR) is 59.4 cm³/mol. The summed E-state index contributed by atoms with van der Waals surface area (Å²) in [7, 11) is 0. The van der Waals surface area contributed by atoms with Gasteiger partial charge in [0.1, 0.15) is 16.9 Å². The first-order chi connectivity index (χ1) is 6.13. The van der Waals surface area contributed by atoms with Crippen LogP contribution >= 0.6 is 15.9 Å². The number of carbonyl (C=O) groups is 1. The number of halogens is 1. The molecule has 0 radical (unpaired) electrons. The monoisotopic (exact) mass is 263 g/mol. The first kappa shape index (κ1) is 12.1. The fourth-order valence-electron chi connectivity index (χ4n) is 2.59. The summed E-state index contributed by atoms with van der Waals surface area (Å²) in [6.45, 7) is 9.10. The average molecular weight is 264 g/mol. The van der Waals surface area contributed by atoms with Gasteiger partial charge in [-0.2, -0.15) is 0 Å². The maximum Gasteiger partial charge on any atom is 0.140 e. The summed E-state index contributed by atoms with van der Waals surface area (Å²) in [5.41, 5.74) is -0.983. The van der Waals surface area contributed by atoms with Crippen molar-refractivity contribution in [2.24, 2.45) is 5.92 Å². The zero-order valence-corrected chi connectivity index (χ0v) is 10.9. The van der Waals surface area contributed by atoms with Crippen molar-refractivity contribution in [3.05, 3.63) is 5.21 Å². The van der Waals surface area contributed by atoms with E-state index in [1.54, 1.807) is 6.92 Å². The van der Waals surface area contributed by atoms with Crippen LogP contribution in [0.25, 0.3) is 0 Å². The van der Waals surface area contributed by atoms with Crippen molar-refractivity contribution in [2.75, 3.05) is 0 Å². The molecule has 14 heavy (non-hydrogen) atoms. The van der Waals surface area contributed by atoms with Gasteiger partial charge >= 0.3 is 0 Å². The molecule has 1 heterocycles. The average Bonchev–Trinajstić information content (AvgIpc) is 2.10. The van der Waals surface area contributed by atoms with Gasteiger partial charge in [0.25, 0.3) is 0 Å². The second-order valence-corrected chi connectivity index (χ2v) is 6.25. The molecule has 1 fully saturated rings. The topological polar surface area (TPSA) is 44.6 Å². The largest absolute Gasteiger partial charge is 0.633 e. The number of nitrogens with one attached hydrogen (secondary N) is 1. The number of hydrogen-bond acceptors (Lipinski definition) is 2. The van der Waals surface area contributed by atoms with Crippen LogP contribution in [0.3, 0.4) is 0 Å². The van der Waals surface area contributed by atoms with Gasteiger partial charge in [0.05, 0.1) is 10.7 Å². The van der Waals surface area contributed by atoms with Crippen LogP contribution in [0.5, 0.6) is 0 Å². The zero-order chi connectivity index (χ0) is 11.3. The van der Waals surface area contributed by atoms with Crippen LogP contribution in [0.1, 0.15) is 34.6 Å². The third-order valence-electron chi connectivity index (χ3n) is 3.37. The molecule has 0 bridgehead atoms. The van der Waals surface area contributed by atoms with E-state index < -0.39 is 11.1 Å². The summed E-state index contributed by atoms with van der Waals surface area (Å²) in [6.07, 6.45) is 0. The molecular weight excluding hydrogens is 246 g/mol. The molecule has 3 unspecified atom stereocenters. The van der Waals surface area contributed by atoms with Crippen molar-refractivity contribution in [3.63, 3.8) is 0 Å². The minimum atomic E-state index is -0.538. The van der Waals surface area contributed by atoms with Crippen molar-refractivity contribution in [2.45, 2.75) is 50.5 Å². The summed E-state index contributed by atoms with van der Waals surface area (Å²) in [5, 5.41) is 12.3. The van der Waals surface area contributed by atoms with E-state index >= 15 is 0 Å². The molecule has 82 valence electrons. The first-order valence-electron chi connectivity index (χ1n) is 4.83. The third-order valence-corrected chi connectivity index (χ3v) is 5.04. The number of quaternary nitrogens is 1. The molecule has 1 aliphatic rings. The molecule has 0 amide bonds. The van der Waals surface area contributed by atoms with E-state index in [0.717, 1.165) is 0 Å². The molecule has 3 atom stereocenters. The van der Waals surface area contributed by atoms with Crippen LogP contribution < -0.4 is 5.06 Å². The minimum Gasteiger partial charge on any atom is -0.633 e. The number of hydrogen-bond donors (Lipinski definition) is 1. The van der Waals surface area contributed by atoms with Gasteiger partial charge in [0.15, 0.2) is 0 Å². The normalized spacial score (nSPS) is 39.8. The number of Topliss-reactive ketones (excluding diaryl/α,β-unsaturated/α-hetero) is 1. The quantitative estimate of drug-likeness (QED) is 0.565. The Morgan fingerprint density at radius 3 is 1.86 bits per heavy atom.